The van der Waals surface area contributed by atoms with Gasteiger partial charge in [-0.3, -0.25) is 9.59 Å². The summed E-state index contributed by atoms with van der Waals surface area (Å²) in [6.45, 7) is 2.28. The summed E-state index contributed by atoms with van der Waals surface area (Å²) in [7, 11) is 3.14. The van der Waals surface area contributed by atoms with Gasteiger partial charge in [-0.25, -0.2) is 4.79 Å². The number of rotatable bonds is 20. The number of carbonyl (C=O) groups is 3. The van der Waals surface area contributed by atoms with E-state index in [0.29, 0.717) is 34.9 Å². The molecular weight excluding hydrogens is 931 g/mol. The summed E-state index contributed by atoms with van der Waals surface area (Å²) in [6.07, 6.45) is -0.729. The van der Waals surface area contributed by atoms with Gasteiger partial charge in [0.05, 0.1) is 25.0 Å². The number of aryl methyl sites for hydroxylation is 1. The van der Waals surface area contributed by atoms with Gasteiger partial charge in [0.1, 0.15) is 29.9 Å². The van der Waals surface area contributed by atoms with Gasteiger partial charge in [0.15, 0.2) is 6.61 Å². The molecule has 1 aliphatic carbocycles. The van der Waals surface area contributed by atoms with Crippen molar-refractivity contribution in [1.29, 1.82) is 0 Å². The summed E-state index contributed by atoms with van der Waals surface area (Å²) in [4.78, 5) is 42.6. The van der Waals surface area contributed by atoms with E-state index >= 15 is 4.79 Å². The molecule has 1 aliphatic rings. The van der Waals surface area contributed by atoms with Gasteiger partial charge >= 0.3 is 6.09 Å². The van der Waals surface area contributed by atoms with E-state index in [2.05, 4.69) is 76.6 Å². The van der Waals surface area contributed by atoms with E-state index in [1.54, 1.807) is 50.2 Å². The van der Waals surface area contributed by atoms with Crippen LogP contribution in [0.3, 0.4) is 0 Å². The number of ether oxygens (including phenoxy) is 4. The first-order chi connectivity index (χ1) is 35.7. The Kier molecular flexibility index (Phi) is 15.9. The molecule has 8 aromatic rings. The van der Waals surface area contributed by atoms with Crippen molar-refractivity contribution in [2.75, 3.05) is 33.2 Å². The fraction of sp³-hybridized carbons (Fsp3) is 0.177. The molecule has 0 bridgehead atoms. The Labute approximate surface area is 431 Å². The summed E-state index contributed by atoms with van der Waals surface area (Å²) < 4.78 is 22.8. The van der Waals surface area contributed by atoms with Gasteiger partial charge in [-0.05, 0) is 87.3 Å². The average molecular weight is 988 g/mol. The zero-order valence-electron chi connectivity index (χ0n) is 41.0. The van der Waals surface area contributed by atoms with E-state index < -0.39 is 28.8 Å². The first-order valence-electron chi connectivity index (χ1n) is 24.2. The SMILES string of the molecule is COc1ccc(OC)c(C(NC(=O)[C@H](CSC(c2ccccc2)(c2ccccc2)c2ccccc2)NC(=O)OCC2c3ccccc3-c3ccccc32)c2ccc(OCC(=O)NCc3ccc(C)cc3)cc2)c1. The topological polar surface area (TPSA) is 124 Å². The lowest BCUT2D eigenvalue weighted by Crippen LogP contribution is -2.50. The van der Waals surface area contributed by atoms with Gasteiger partial charge in [-0.2, -0.15) is 0 Å². The molecule has 0 saturated heterocycles. The molecule has 0 radical (unpaired) electrons. The number of amides is 3. The van der Waals surface area contributed by atoms with Crippen molar-refractivity contribution >= 4 is 29.7 Å². The molecular formula is C62H57N3O7S. The maximum Gasteiger partial charge on any atom is 0.407 e. The van der Waals surface area contributed by atoms with Crippen molar-refractivity contribution in [2.24, 2.45) is 0 Å². The van der Waals surface area contributed by atoms with Crippen LogP contribution in [0.5, 0.6) is 17.2 Å². The molecule has 0 aromatic heterocycles. The fourth-order valence-electron chi connectivity index (χ4n) is 9.45. The van der Waals surface area contributed by atoms with E-state index in [4.69, 9.17) is 18.9 Å². The number of methoxy groups -OCH3 is 2. The highest BCUT2D eigenvalue weighted by Gasteiger charge is 2.39. The maximum absolute atomic E-state index is 15.4. The number of nitrogens with one attached hydrogen (secondary N) is 3. The van der Waals surface area contributed by atoms with Crippen LogP contribution in [0.25, 0.3) is 11.1 Å². The molecule has 11 heteroatoms. The Morgan fingerprint density at radius 3 is 1.71 bits per heavy atom. The zero-order chi connectivity index (χ0) is 50.6. The Balaban J connectivity index is 1.03. The predicted molar refractivity (Wildman–Crippen MR) is 288 cm³/mol. The Morgan fingerprint density at radius 1 is 0.603 bits per heavy atom. The van der Waals surface area contributed by atoms with Crippen LogP contribution in [0.15, 0.2) is 206 Å². The van der Waals surface area contributed by atoms with Crippen molar-refractivity contribution in [3.63, 3.8) is 0 Å². The minimum Gasteiger partial charge on any atom is -0.497 e. The predicted octanol–water partition coefficient (Wildman–Crippen LogP) is 11.5. The van der Waals surface area contributed by atoms with Crippen LogP contribution >= 0.6 is 11.8 Å². The quantitative estimate of drug-likeness (QED) is 0.0645. The number of thioether (sulfide) groups is 1. The van der Waals surface area contributed by atoms with Crippen LogP contribution in [0.4, 0.5) is 4.79 Å². The van der Waals surface area contributed by atoms with Gasteiger partial charge < -0.3 is 34.9 Å². The molecule has 0 saturated carbocycles. The van der Waals surface area contributed by atoms with Crippen molar-refractivity contribution in [1.82, 2.24) is 16.0 Å². The summed E-state index contributed by atoms with van der Waals surface area (Å²) in [6, 6.07) is 65.5. The summed E-state index contributed by atoms with van der Waals surface area (Å²) in [5.41, 5.74) is 10.8. The minimum atomic E-state index is -1.13. The van der Waals surface area contributed by atoms with E-state index in [1.807, 2.05) is 128 Å². The van der Waals surface area contributed by atoms with Crippen LogP contribution in [-0.2, 0) is 25.6 Å². The van der Waals surface area contributed by atoms with Crippen LogP contribution in [-0.4, -0.2) is 57.1 Å². The lowest BCUT2D eigenvalue weighted by Gasteiger charge is -2.36. The lowest BCUT2D eigenvalue weighted by molar-refractivity contribution is -0.123. The number of hydrogen-bond acceptors (Lipinski definition) is 8. The van der Waals surface area contributed by atoms with Gasteiger partial charge in [0.2, 0.25) is 5.91 Å². The largest absolute Gasteiger partial charge is 0.497 e. The molecule has 0 aliphatic heterocycles. The normalized spacial score (nSPS) is 12.6. The highest BCUT2D eigenvalue weighted by atomic mass is 32.2. The second kappa shape index (κ2) is 23.3. The highest BCUT2D eigenvalue weighted by molar-refractivity contribution is 8.00. The molecule has 10 nitrogen and oxygen atoms in total. The third-order valence-corrected chi connectivity index (χ3v) is 14.8. The van der Waals surface area contributed by atoms with Crippen LogP contribution in [0.2, 0.25) is 0 Å². The molecule has 0 fully saturated rings. The second-order valence-electron chi connectivity index (χ2n) is 17.8. The molecule has 0 spiro atoms. The minimum absolute atomic E-state index is 0.0653. The van der Waals surface area contributed by atoms with Crippen molar-refractivity contribution in [3.8, 4) is 28.4 Å². The number of fused-ring (bicyclic) bond motifs is 3. The number of hydrogen-bond donors (Lipinski definition) is 3. The van der Waals surface area contributed by atoms with Crippen molar-refractivity contribution in [3.05, 3.63) is 256 Å². The second-order valence-corrected chi connectivity index (χ2v) is 19.0. The van der Waals surface area contributed by atoms with Gasteiger partial charge in [0.25, 0.3) is 5.91 Å². The Hall–Kier alpha value is -8.28. The first-order valence-corrected chi connectivity index (χ1v) is 25.2. The van der Waals surface area contributed by atoms with Gasteiger partial charge in [0, 0.05) is 23.8 Å². The smallest absolute Gasteiger partial charge is 0.407 e. The molecule has 368 valence electrons. The molecule has 3 N–H and O–H groups in total. The van der Waals surface area contributed by atoms with Gasteiger partial charge in [-0.1, -0.05) is 181 Å². The van der Waals surface area contributed by atoms with Crippen LogP contribution in [0.1, 0.15) is 62.0 Å². The molecule has 0 heterocycles. The van der Waals surface area contributed by atoms with E-state index in [9.17, 15) is 9.59 Å². The number of alkyl carbamates (subject to hydrolysis) is 1. The van der Waals surface area contributed by atoms with E-state index in [0.717, 1.165) is 50.1 Å². The third-order valence-electron chi connectivity index (χ3n) is 13.2. The first kappa shape index (κ1) is 49.7. The average Bonchev–Trinajstić information content (AvgIpc) is 3.77. The molecule has 1 unspecified atom stereocenters. The number of carbonyl (C=O) groups excluding carboxylic acids is 3. The number of benzene rings is 8. The zero-order valence-corrected chi connectivity index (χ0v) is 41.8. The lowest BCUT2D eigenvalue weighted by atomic mass is 9.84. The monoisotopic (exact) mass is 987 g/mol. The molecule has 9 rings (SSSR count). The fourth-order valence-corrected chi connectivity index (χ4v) is 11.0. The van der Waals surface area contributed by atoms with E-state index in [-0.39, 0.29) is 30.8 Å². The van der Waals surface area contributed by atoms with Crippen LogP contribution < -0.4 is 30.2 Å². The van der Waals surface area contributed by atoms with Crippen LogP contribution in [0, 0.1) is 6.92 Å². The Bertz CT molecular complexity index is 2990. The molecule has 8 aromatic carbocycles. The summed E-state index contributed by atoms with van der Waals surface area (Å²) in [5.74, 6) is 0.713. The molecule has 3 amide bonds. The standard InChI is InChI=1S/C62H57N3O7S/c1-42-27-29-43(30-28-42)38-63-58(66)40-71-48-33-31-44(32-34-48)59(54-37-49(69-2)35-36-57(54)70-3)65-60(67)56(64-61(68)72-39-55-52-25-15-13-23-50(52)51-24-14-16-26-53(51)55)41-73-62(45-17-7-4-8-18-45,46-19-9-5-10-20-46)47-21-11-6-12-22-47/h4-37,55-56,59H,38-41H2,1-3H3,(H,63,66)(H,64,68)(H,65,67)/t56-,59?/m0/s1. The molecule has 73 heavy (non-hydrogen) atoms. The maximum atomic E-state index is 15.4. The summed E-state index contributed by atoms with van der Waals surface area (Å²) in [5, 5.41) is 9.24. The third kappa shape index (κ3) is 11.4. The van der Waals surface area contributed by atoms with Crippen molar-refractivity contribution in [2.45, 2.75) is 36.2 Å². The molecule has 2 atom stereocenters. The van der Waals surface area contributed by atoms with Crippen molar-refractivity contribution < 1.29 is 33.3 Å². The van der Waals surface area contributed by atoms with E-state index in [1.165, 1.54) is 0 Å². The highest BCUT2D eigenvalue weighted by Crippen LogP contribution is 2.49. The Morgan fingerprint density at radius 2 is 1.15 bits per heavy atom. The van der Waals surface area contributed by atoms with Gasteiger partial charge in [-0.15, -0.1) is 11.8 Å². The summed E-state index contributed by atoms with van der Waals surface area (Å²) >= 11 is 1.55.